The number of hydrogen-bond acceptors (Lipinski definition) is 6. The molecule has 0 amide bonds. The Morgan fingerprint density at radius 3 is 1.91 bits per heavy atom. The van der Waals surface area contributed by atoms with Crippen molar-refractivity contribution in [1.82, 2.24) is 4.90 Å². The Morgan fingerprint density at radius 1 is 0.912 bits per heavy atom. The van der Waals surface area contributed by atoms with Crippen molar-refractivity contribution >= 4 is 11.7 Å². The minimum absolute atomic E-state index is 0.0685. The molecule has 0 bridgehead atoms. The van der Waals surface area contributed by atoms with Gasteiger partial charge in [0, 0.05) is 11.1 Å². The number of hydroxylamine groups is 1. The third-order valence-electron chi connectivity index (χ3n) is 5.06. The molecular weight excluding hydrogens is 487 g/mol. The van der Waals surface area contributed by atoms with Crippen LogP contribution < -0.4 is 16.5 Å². The highest BCUT2D eigenvalue weighted by atomic mass is 19.4. The minimum Gasteiger partial charge on any atom is -0.329 e. The quantitative estimate of drug-likeness (QED) is 0.594. The lowest BCUT2D eigenvalue weighted by Gasteiger charge is -2.43. The number of anilines is 1. The summed E-state index contributed by atoms with van der Waals surface area (Å²) in [4.78, 5) is 16.8. The van der Waals surface area contributed by atoms with Crippen molar-refractivity contribution in [3.05, 3.63) is 53.1 Å². The number of halogens is 9. The maximum absolute atomic E-state index is 13.6. The summed E-state index contributed by atoms with van der Waals surface area (Å²) in [6, 6.07) is 4.04. The molecule has 34 heavy (non-hydrogen) atoms. The van der Waals surface area contributed by atoms with E-state index in [9.17, 15) is 44.3 Å². The molecule has 3 rings (SSSR count). The Balaban J connectivity index is 2.27. The number of alkyl halides is 9. The second-order valence-corrected chi connectivity index (χ2v) is 7.22. The number of carbonyl (C=O) groups is 1. The van der Waals surface area contributed by atoms with Gasteiger partial charge in [-0.05, 0) is 30.8 Å². The Kier molecular flexibility index (Phi) is 6.26. The molecule has 0 aliphatic carbocycles. The molecule has 1 heterocycles. The monoisotopic (exact) mass is 502 g/mol. The van der Waals surface area contributed by atoms with E-state index < -0.39 is 64.9 Å². The largest absolute Gasteiger partial charge is 0.493 e. The van der Waals surface area contributed by atoms with Gasteiger partial charge in [-0.15, -0.1) is 0 Å². The van der Waals surface area contributed by atoms with Crippen LogP contribution in [0.3, 0.4) is 0 Å². The molecule has 15 heteroatoms. The number of benzene rings is 2. The summed E-state index contributed by atoms with van der Waals surface area (Å²) in [5.41, 5.74) is 5.92. The smallest absolute Gasteiger partial charge is 0.329 e. The lowest BCUT2D eigenvalue weighted by atomic mass is 9.91. The van der Waals surface area contributed by atoms with Crippen LogP contribution in [0.4, 0.5) is 45.2 Å². The Hall–Kier alpha value is -3.04. The van der Waals surface area contributed by atoms with Gasteiger partial charge in [0.25, 0.3) is 0 Å². The summed E-state index contributed by atoms with van der Waals surface area (Å²) in [7, 11) is 1.25. The van der Waals surface area contributed by atoms with E-state index in [-0.39, 0.29) is 10.6 Å². The average Bonchev–Trinajstić information content (AvgIpc) is 2.72. The fourth-order valence-electron chi connectivity index (χ4n) is 3.41. The number of nitrogens with two attached hydrogens (primary N) is 2. The third-order valence-corrected chi connectivity index (χ3v) is 5.06. The second-order valence-electron chi connectivity index (χ2n) is 7.22. The number of rotatable bonds is 2. The zero-order valence-electron chi connectivity index (χ0n) is 16.9. The van der Waals surface area contributed by atoms with Crippen LogP contribution in [-0.4, -0.2) is 30.4 Å². The van der Waals surface area contributed by atoms with Crippen LogP contribution in [0.1, 0.15) is 22.9 Å². The van der Waals surface area contributed by atoms with Gasteiger partial charge in [-0.1, -0.05) is 18.2 Å². The maximum Gasteiger partial charge on any atom is 0.493 e. The molecule has 4 N–H and O–H groups in total. The summed E-state index contributed by atoms with van der Waals surface area (Å²) in [6.45, 7) is 0. The van der Waals surface area contributed by atoms with Gasteiger partial charge in [0.05, 0.1) is 23.0 Å². The van der Waals surface area contributed by atoms with Crippen LogP contribution in [0.5, 0.6) is 0 Å². The van der Waals surface area contributed by atoms with E-state index in [0.717, 1.165) is 17.0 Å². The molecule has 0 radical (unpaired) electrons. The topological polar surface area (TPSA) is 84.8 Å². The van der Waals surface area contributed by atoms with E-state index in [0.29, 0.717) is 24.3 Å². The highest BCUT2D eigenvalue weighted by Gasteiger charge is 2.46. The van der Waals surface area contributed by atoms with Crippen LogP contribution in [-0.2, 0) is 22.0 Å². The summed E-state index contributed by atoms with van der Waals surface area (Å²) in [6.07, 6.45) is -18.7. The summed E-state index contributed by atoms with van der Waals surface area (Å²) >= 11 is 0. The van der Waals surface area contributed by atoms with E-state index in [2.05, 4.69) is 4.84 Å². The highest BCUT2D eigenvalue weighted by molar-refractivity contribution is 5.80. The summed E-state index contributed by atoms with van der Waals surface area (Å²) in [5, 5.41) is 0.224. The lowest BCUT2D eigenvalue weighted by Crippen LogP contribution is -2.60. The van der Waals surface area contributed by atoms with Crippen molar-refractivity contribution in [2.45, 2.75) is 31.0 Å². The normalized spacial score (nSPS) is 19.7. The Bertz CT molecular complexity index is 1070. The second kappa shape index (κ2) is 8.32. The third kappa shape index (κ3) is 4.63. The van der Waals surface area contributed by atoms with Crippen molar-refractivity contribution in [2.75, 3.05) is 12.1 Å². The lowest BCUT2D eigenvalue weighted by molar-refractivity contribution is -0.204. The SMILES string of the molecule is CN1C(N)c2ccc(-c3c(C(F)(F)F)cccc3C(F)(F)F)cc2N(OC(=O)C(F)(F)F)C1N. The Labute approximate surface area is 185 Å². The zero-order valence-corrected chi connectivity index (χ0v) is 16.9. The first-order valence-electron chi connectivity index (χ1n) is 9.17. The van der Waals surface area contributed by atoms with E-state index in [1.165, 1.54) is 7.05 Å². The van der Waals surface area contributed by atoms with Gasteiger partial charge in [0.2, 0.25) is 0 Å². The first-order chi connectivity index (χ1) is 15.4. The van der Waals surface area contributed by atoms with E-state index in [1.807, 2.05) is 0 Å². The predicted octanol–water partition coefficient (Wildman–Crippen LogP) is 4.36. The maximum atomic E-state index is 13.6. The fourth-order valence-corrected chi connectivity index (χ4v) is 3.41. The molecule has 0 saturated carbocycles. The minimum atomic E-state index is -5.47. The van der Waals surface area contributed by atoms with Crippen molar-refractivity contribution < 1.29 is 49.1 Å². The molecule has 6 nitrogen and oxygen atoms in total. The molecule has 0 spiro atoms. The number of hydrogen-bond donors (Lipinski definition) is 2. The molecule has 2 atom stereocenters. The molecule has 2 aromatic carbocycles. The predicted molar refractivity (Wildman–Crippen MR) is 99.2 cm³/mol. The van der Waals surface area contributed by atoms with E-state index >= 15 is 0 Å². The number of fused-ring (bicyclic) bond motifs is 1. The van der Waals surface area contributed by atoms with Crippen LogP contribution in [0.2, 0.25) is 0 Å². The summed E-state index contributed by atoms with van der Waals surface area (Å²) in [5.74, 6) is -2.71. The van der Waals surface area contributed by atoms with Gasteiger partial charge in [-0.2, -0.15) is 44.6 Å². The standard InChI is InChI=1S/C19H15F9N4O2/c1-31-14(29)9-6-5-8(7-12(9)32(16(31)30)34-15(33)19(26,27)28)13-10(17(20,21)22)3-2-4-11(13)18(23,24)25/h2-7,14,16H,29-30H2,1H3. The molecule has 2 aromatic rings. The van der Waals surface area contributed by atoms with Gasteiger partial charge in [-0.25, -0.2) is 4.79 Å². The van der Waals surface area contributed by atoms with Crippen molar-refractivity contribution in [1.29, 1.82) is 0 Å². The van der Waals surface area contributed by atoms with Crippen LogP contribution in [0, 0.1) is 0 Å². The Morgan fingerprint density at radius 2 is 1.44 bits per heavy atom. The first kappa shape index (κ1) is 25.6. The van der Waals surface area contributed by atoms with Crippen molar-refractivity contribution in [3.8, 4) is 11.1 Å². The molecule has 0 aromatic heterocycles. The molecule has 0 fully saturated rings. The van der Waals surface area contributed by atoms with Gasteiger partial charge in [-0.3, -0.25) is 10.6 Å². The number of carbonyl (C=O) groups excluding carboxylic acids is 1. The van der Waals surface area contributed by atoms with Gasteiger partial charge in [0.15, 0.2) is 6.29 Å². The fraction of sp³-hybridized carbons (Fsp3) is 0.316. The highest BCUT2D eigenvalue weighted by Crippen LogP contribution is 2.46. The molecular formula is C19H15F9N4O2. The summed E-state index contributed by atoms with van der Waals surface area (Å²) < 4.78 is 120. The molecule has 0 saturated heterocycles. The van der Waals surface area contributed by atoms with Crippen LogP contribution in [0.25, 0.3) is 11.1 Å². The van der Waals surface area contributed by atoms with Gasteiger partial charge >= 0.3 is 24.5 Å². The zero-order chi connectivity index (χ0) is 25.8. The average molecular weight is 502 g/mol. The van der Waals surface area contributed by atoms with Crippen LogP contribution in [0.15, 0.2) is 36.4 Å². The van der Waals surface area contributed by atoms with Crippen molar-refractivity contribution in [3.63, 3.8) is 0 Å². The first-order valence-corrected chi connectivity index (χ1v) is 9.17. The van der Waals surface area contributed by atoms with Crippen LogP contribution >= 0.6 is 0 Å². The number of nitrogens with zero attached hydrogens (tertiary/aromatic N) is 2. The van der Waals surface area contributed by atoms with E-state index in [4.69, 9.17) is 11.5 Å². The van der Waals surface area contributed by atoms with Gasteiger partial charge in [0.1, 0.15) is 0 Å². The molecule has 186 valence electrons. The molecule has 1 aliphatic heterocycles. The molecule has 2 unspecified atom stereocenters. The molecule has 1 aliphatic rings. The van der Waals surface area contributed by atoms with Crippen molar-refractivity contribution in [2.24, 2.45) is 11.5 Å². The van der Waals surface area contributed by atoms with E-state index in [1.54, 1.807) is 0 Å². The van der Waals surface area contributed by atoms with Gasteiger partial charge < -0.3 is 10.6 Å².